The molecule has 6 rings (SSSR count). The van der Waals surface area contributed by atoms with Gasteiger partial charge in [0, 0.05) is 34.8 Å². The van der Waals surface area contributed by atoms with E-state index in [-0.39, 0.29) is 6.10 Å². The normalized spacial score (nSPS) is 28.4. The SMILES string of the molecule is CC1C(Oc2ccc(-c3cccc4ccoc34)cn2)C2CCN1CC2. The highest BCUT2D eigenvalue weighted by molar-refractivity contribution is 5.92. The fraction of sp³-hybridized carbons (Fsp3) is 0.381. The lowest BCUT2D eigenvalue weighted by Gasteiger charge is -2.49. The van der Waals surface area contributed by atoms with Gasteiger partial charge in [0.1, 0.15) is 11.7 Å². The number of nitrogens with zero attached hydrogens (tertiary/aromatic N) is 2. The number of furan rings is 1. The monoisotopic (exact) mass is 334 g/mol. The Bertz CT molecular complexity index is 876. The number of ether oxygens (including phenoxy) is 1. The molecule has 0 amide bonds. The van der Waals surface area contributed by atoms with Crippen molar-refractivity contribution in [1.82, 2.24) is 9.88 Å². The highest BCUT2D eigenvalue weighted by Crippen LogP contribution is 2.35. The van der Waals surface area contributed by atoms with Crippen LogP contribution >= 0.6 is 0 Å². The molecule has 2 bridgehead atoms. The van der Waals surface area contributed by atoms with Crippen molar-refractivity contribution in [2.24, 2.45) is 5.92 Å². The van der Waals surface area contributed by atoms with Crippen molar-refractivity contribution in [2.45, 2.75) is 31.9 Å². The van der Waals surface area contributed by atoms with E-state index in [9.17, 15) is 0 Å². The van der Waals surface area contributed by atoms with Crippen LogP contribution in [0.15, 0.2) is 53.3 Å². The number of piperidine rings is 3. The van der Waals surface area contributed by atoms with E-state index in [2.05, 4.69) is 35.0 Å². The minimum atomic E-state index is 0.259. The van der Waals surface area contributed by atoms with Gasteiger partial charge in [-0.25, -0.2) is 4.98 Å². The third-order valence-electron chi connectivity index (χ3n) is 5.87. The van der Waals surface area contributed by atoms with Gasteiger partial charge in [-0.1, -0.05) is 18.2 Å². The van der Waals surface area contributed by atoms with Crippen molar-refractivity contribution >= 4 is 11.0 Å². The van der Waals surface area contributed by atoms with Gasteiger partial charge in [0.25, 0.3) is 0 Å². The Morgan fingerprint density at radius 2 is 2.00 bits per heavy atom. The molecular weight excluding hydrogens is 312 g/mol. The van der Waals surface area contributed by atoms with Crippen molar-refractivity contribution in [3.63, 3.8) is 0 Å². The summed E-state index contributed by atoms with van der Waals surface area (Å²) in [5, 5.41) is 1.11. The molecule has 0 saturated carbocycles. The van der Waals surface area contributed by atoms with Gasteiger partial charge in [-0.3, -0.25) is 4.90 Å². The fourth-order valence-electron chi connectivity index (χ4n) is 4.42. The lowest BCUT2D eigenvalue weighted by molar-refractivity contribution is -0.0525. The summed E-state index contributed by atoms with van der Waals surface area (Å²) >= 11 is 0. The summed E-state index contributed by atoms with van der Waals surface area (Å²) in [5.74, 6) is 1.39. The standard InChI is InChI=1S/C21H22N2O2/c1-14-20(16-7-10-23(14)11-8-16)25-19-6-5-17(13-22-19)18-4-2-3-15-9-12-24-21(15)18/h2-6,9,12-14,16,20H,7-8,10-11H2,1H3. The van der Waals surface area contributed by atoms with Crippen LogP contribution in [0.1, 0.15) is 19.8 Å². The average molecular weight is 334 g/mol. The second kappa shape index (κ2) is 5.88. The minimum absolute atomic E-state index is 0.259. The molecule has 3 fully saturated rings. The van der Waals surface area contributed by atoms with Crippen molar-refractivity contribution in [3.8, 4) is 17.0 Å². The summed E-state index contributed by atoms with van der Waals surface area (Å²) in [7, 11) is 0. The summed E-state index contributed by atoms with van der Waals surface area (Å²) in [6.45, 7) is 4.71. The third kappa shape index (κ3) is 2.52. The maximum atomic E-state index is 6.29. The Balaban J connectivity index is 1.40. The van der Waals surface area contributed by atoms with Crippen LogP contribution in [0.3, 0.4) is 0 Å². The minimum Gasteiger partial charge on any atom is -0.472 e. The van der Waals surface area contributed by atoms with E-state index in [1.807, 2.05) is 24.4 Å². The second-order valence-electron chi connectivity index (χ2n) is 7.23. The molecule has 3 aliphatic rings. The molecule has 3 saturated heterocycles. The van der Waals surface area contributed by atoms with Crippen LogP contribution in [0.25, 0.3) is 22.1 Å². The Labute approximate surface area is 147 Å². The van der Waals surface area contributed by atoms with E-state index >= 15 is 0 Å². The molecular formula is C21H22N2O2. The average Bonchev–Trinajstić information content (AvgIpc) is 3.14. The van der Waals surface area contributed by atoms with Crippen LogP contribution in [0, 0.1) is 5.92 Å². The molecule has 0 spiro atoms. The number of rotatable bonds is 3. The maximum absolute atomic E-state index is 6.29. The predicted molar refractivity (Wildman–Crippen MR) is 97.6 cm³/mol. The molecule has 25 heavy (non-hydrogen) atoms. The van der Waals surface area contributed by atoms with Crippen molar-refractivity contribution in [3.05, 3.63) is 48.9 Å². The zero-order valence-electron chi connectivity index (χ0n) is 14.4. The molecule has 3 aromatic rings. The van der Waals surface area contributed by atoms with Crippen LogP contribution < -0.4 is 4.74 Å². The number of para-hydroxylation sites is 1. The van der Waals surface area contributed by atoms with Crippen LogP contribution in [0.4, 0.5) is 0 Å². The Morgan fingerprint density at radius 1 is 1.12 bits per heavy atom. The quantitative estimate of drug-likeness (QED) is 0.713. The van der Waals surface area contributed by atoms with Crippen LogP contribution in [0.5, 0.6) is 5.88 Å². The summed E-state index contributed by atoms with van der Waals surface area (Å²) in [5.41, 5.74) is 3.02. The van der Waals surface area contributed by atoms with E-state index in [1.54, 1.807) is 6.26 Å². The van der Waals surface area contributed by atoms with Crippen LogP contribution in [0.2, 0.25) is 0 Å². The van der Waals surface area contributed by atoms with Crippen molar-refractivity contribution < 1.29 is 9.15 Å². The molecule has 4 nitrogen and oxygen atoms in total. The molecule has 0 aliphatic carbocycles. The number of hydrogen-bond donors (Lipinski definition) is 0. The molecule has 0 radical (unpaired) electrons. The molecule has 2 unspecified atom stereocenters. The van der Waals surface area contributed by atoms with E-state index in [0.29, 0.717) is 12.0 Å². The van der Waals surface area contributed by atoms with Gasteiger partial charge in [0.15, 0.2) is 0 Å². The number of benzene rings is 1. The Morgan fingerprint density at radius 3 is 2.76 bits per heavy atom. The summed E-state index contributed by atoms with van der Waals surface area (Å²) in [4.78, 5) is 7.11. The lowest BCUT2D eigenvalue weighted by atomic mass is 9.81. The molecule has 4 heteroatoms. The molecule has 128 valence electrons. The van der Waals surface area contributed by atoms with Crippen LogP contribution in [-0.4, -0.2) is 35.1 Å². The maximum Gasteiger partial charge on any atom is 0.213 e. The zero-order valence-corrected chi connectivity index (χ0v) is 14.4. The molecule has 0 N–H and O–H groups in total. The van der Waals surface area contributed by atoms with E-state index < -0.39 is 0 Å². The molecule has 2 aromatic heterocycles. The summed E-state index contributed by atoms with van der Waals surface area (Å²) < 4.78 is 11.9. The molecule has 5 heterocycles. The first-order valence-electron chi connectivity index (χ1n) is 9.13. The summed E-state index contributed by atoms with van der Waals surface area (Å²) in [6, 6.07) is 12.7. The topological polar surface area (TPSA) is 38.5 Å². The van der Waals surface area contributed by atoms with E-state index in [0.717, 1.165) is 28.0 Å². The molecule has 2 atom stereocenters. The molecule has 3 aliphatic heterocycles. The highest BCUT2D eigenvalue weighted by Gasteiger charge is 2.41. The van der Waals surface area contributed by atoms with E-state index in [4.69, 9.17) is 9.15 Å². The van der Waals surface area contributed by atoms with Gasteiger partial charge in [0.2, 0.25) is 5.88 Å². The largest absolute Gasteiger partial charge is 0.472 e. The number of pyridine rings is 1. The van der Waals surface area contributed by atoms with Gasteiger partial charge in [-0.15, -0.1) is 0 Å². The highest BCUT2D eigenvalue weighted by atomic mass is 16.5. The third-order valence-corrected chi connectivity index (χ3v) is 5.87. The van der Waals surface area contributed by atoms with Gasteiger partial charge in [0.05, 0.1) is 6.26 Å². The van der Waals surface area contributed by atoms with Gasteiger partial charge < -0.3 is 9.15 Å². The van der Waals surface area contributed by atoms with E-state index in [1.165, 1.54) is 25.9 Å². The first-order valence-corrected chi connectivity index (χ1v) is 9.13. The Kier molecular flexibility index (Phi) is 3.52. The second-order valence-corrected chi connectivity index (χ2v) is 7.23. The first kappa shape index (κ1) is 15.0. The van der Waals surface area contributed by atoms with Gasteiger partial charge in [-0.05, 0) is 50.9 Å². The lowest BCUT2D eigenvalue weighted by Crippen LogP contribution is -2.58. The zero-order chi connectivity index (χ0) is 16.8. The smallest absolute Gasteiger partial charge is 0.213 e. The predicted octanol–water partition coefficient (Wildman–Crippen LogP) is 4.36. The fourth-order valence-corrected chi connectivity index (χ4v) is 4.42. The van der Waals surface area contributed by atoms with Crippen molar-refractivity contribution in [2.75, 3.05) is 13.1 Å². The number of fused-ring (bicyclic) bond motifs is 4. The Hall–Kier alpha value is -2.33. The van der Waals surface area contributed by atoms with Gasteiger partial charge in [-0.2, -0.15) is 0 Å². The number of aromatic nitrogens is 1. The summed E-state index contributed by atoms with van der Waals surface area (Å²) in [6.07, 6.45) is 6.36. The van der Waals surface area contributed by atoms with Crippen LogP contribution in [-0.2, 0) is 0 Å². The van der Waals surface area contributed by atoms with Gasteiger partial charge >= 0.3 is 0 Å². The number of hydrogen-bond acceptors (Lipinski definition) is 4. The van der Waals surface area contributed by atoms with Crippen molar-refractivity contribution in [1.29, 1.82) is 0 Å². The molecule has 1 aromatic carbocycles. The first-order chi connectivity index (χ1) is 12.3.